The van der Waals surface area contributed by atoms with Crippen LogP contribution in [0, 0.1) is 5.92 Å². The highest BCUT2D eigenvalue weighted by atomic mass is 32.2. The van der Waals surface area contributed by atoms with E-state index in [0.29, 0.717) is 11.3 Å². The van der Waals surface area contributed by atoms with Crippen LogP contribution >= 0.6 is 0 Å². The SMILES string of the molecule is CC(C)CCCC(C)NCCC(C)S(C)=O. The first-order valence-corrected chi connectivity index (χ1v) is 8.11. The molecule has 0 aromatic carbocycles. The summed E-state index contributed by atoms with van der Waals surface area (Å²) >= 11 is 0. The Morgan fingerprint density at radius 3 is 2.19 bits per heavy atom. The molecular weight excluding hydrogens is 218 g/mol. The van der Waals surface area contributed by atoms with Gasteiger partial charge in [0.25, 0.3) is 0 Å². The first-order valence-electron chi connectivity index (χ1n) is 6.49. The molecule has 0 bridgehead atoms. The Labute approximate surface area is 104 Å². The Morgan fingerprint density at radius 1 is 1.06 bits per heavy atom. The van der Waals surface area contributed by atoms with Crippen molar-refractivity contribution in [3.8, 4) is 0 Å². The minimum absolute atomic E-state index is 0.315. The van der Waals surface area contributed by atoms with Gasteiger partial charge in [0.2, 0.25) is 0 Å². The average Bonchev–Trinajstić information content (AvgIpc) is 2.16. The molecule has 0 amide bonds. The summed E-state index contributed by atoms with van der Waals surface area (Å²) in [6.45, 7) is 9.84. The molecule has 0 aliphatic rings. The molecule has 0 spiro atoms. The van der Waals surface area contributed by atoms with Crippen LogP contribution in [0.5, 0.6) is 0 Å². The van der Waals surface area contributed by atoms with E-state index >= 15 is 0 Å². The van der Waals surface area contributed by atoms with E-state index in [4.69, 9.17) is 0 Å². The van der Waals surface area contributed by atoms with Crippen molar-refractivity contribution in [2.75, 3.05) is 12.8 Å². The van der Waals surface area contributed by atoms with Crippen LogP contribution in [0.15, 0.2) is 0 Å². The fraction of sp³-hybridized carbons (Fsp3) is 1.00. The molecule has 0 aliphatic heterocycles. The van der Waals surface area contributed by atoms with Crippen molar-refractivity contribution in [1.82, 2.24) is 5.32 Å². The summed E-state index contributed by atoms with van der Waals surface area (Å²) in [5, 5.41) is 3.82. The van der Waals surface area contributed by atoms with Crippen LogP contribution < -0.4 is 5.32 Å². The second kappa shape index (κ2) is 9.17. The maximum absolute atomic E-state index is 11.1. The molecule has 0 saturated carbocycles. The summed E-state index contributed by atoms with van der Waals surface area (Å²) in [5.74, 6) is 0.815. The first kappa shape index (κ1) is 16.1. The van der Waals surface area contributed by atoms with E-state index in [-0.39, 0.29) is 0 Å². The molecule has 16 heavy (non-hydrogen) atoms. The van der Waals surface area contributed by atoms with Gasteiger partial charge in [-0.1, -0.05) is 33.6 Å². The van der Waals surface area contributed by atoms with E-state index < -0.39 is 10.8 Å². The number of rotatable bonds is 9. The van der Waals surface area contributed by atoms with Gasteiger partial charge < -0.3 is 5.32 Å². The molecule has 2 nitrogen and oxygen atoms in total. The third kappa shape index (κ3) is 9.34. The fourth-order valence-corrected chi connectivity index (χ4v) is 2.08. The van der Waals surface area contributed by atoms with E-state index in [2.05, 4.69) is 33.0 Å². The lowest BCUT2D eigenvalue weighted by atomic mass is 10.0. The van der Waals surface area contributed by atoms with Crippen molar-refractivity contribution in [3.63, 3.8) is 0 Å². The summed E-state index contributed by atoms with van der Waals surface area (Å²) in [4.78, 5) is 0. The Morgan fingerprint density at radius 2 is 1.69 bits per heavy atom. The summed E-state index contributed by atoms with van der Waals surface area (Å²) in [6.07, 6.45) is 6.68. The first-order chi connectivity index (χ1) is 7.43. The molecule has 0 aliphatic carbocycles. The van der Waals surface area contributed by atoms with Gasteiger partial charge in [0.05, 0.1) is 0 Å². The van der Waals surface area contributed by atoms with Crippen LogP contribution in [0.2, 0.25) is 0 Å². The second-order valence-corrected chi connectivity index (χ2v) is 7.08. The van der Waals surface area contributed by atoms with Crippen molar-refractivity contribution in [2.45, 2.75) is 64.7 Å². The quantitative estimate of drug-likeness (QED) is 0.679. The average molecular weight is 247 g/mol. The zero-order valence-corrected chi connectivity index (χ0v) is 12.4. The van der Waals surface area contributed by atoms with Gasteiger partial charge in [-0.05, 0) is 32.2 Å². The van der Waals surface area contributed by atoms with Gasteiger partial charge in [-0.15, -0.1) is 0 Å². The highest BCUT2D eigenvalue weighted by Gasteiger charge is 2.07. The van der Waals surface area contributed by atoms with Crippen molar-refractivity contribution < 1.29 is 4.21 Å². The van der Waals surface area contributed by atoms with E-state index in [9.17, 15) is 4.21 Å². The topological polar surface area (TPSA) is 29.1 Å². The van der Waals surface area contributed by atoms with Crippen LogP contribution in [0.4, 0.5) is 0 Å². The maximum atomic E-state index is 11.1. The van der Waals surface area contributed by atoms with Gasteiger partial charge in [-0.2, -0.15) is 0 Å². The van der Waals surface area contributed by atoms with Gasteiger partial charge in [0, 0.05) is 28.3 Å². The van der Waals surface area contributed by atoms with Gasteiger partial charge in [-0.3, -0.25) is 4.21 Å². The standard InChI is InChI=1S/C13H29NOS/c1-11(2)7-6-8-12(3)14-10-9-13(4)16(5)15/h11-14H,6-10H2,1-5H3. The lowest BCUT2D eigenvalue weighted by Crippen LogP contribution is -2.29. The van der Waals surface area contributed by atoms with Crippen molar-refractivity contribution in [3.05, 3.63) is 0 Å². The van der Waals surface area contributed by atoms with Gasteiger partial charge in [-0.25, -0.2) is 0 Å². The molecule has 0 saturated heterocycles. The predicted molar refractivity (Wildman–Crippen MR) is 74.3 cm³/mol. The largest absolute Gasteiger partial charge is 0.314 e. The lowest BCUT2D eigenvalue weighted by molar-refractivity contribution is 0.454. The van der Waals surface area contributed by atoms with Crippen LogP contribution in [-0.4, -0.2) is 28.3 Å². The molecule has 0 rings (SSSR count). The molecule has 3 heteroatoms. The molecule has 0 aromatic rings. The zero-order chi connectivity index (χ0) is 12.6. The molecule has 0 radical (unpaired) electrons. The van der Waals surface area contributed by atoms with Gasteiger partial charge >= 0.3 is 0 Å². The van der Waals surface area contributed by atoms with E-state index in [1.807, 2.05) is 0 Å². The summed E-state index contributed by atoms with van der Waals surface area (Å²) in [7, 11) is -0.677. The fourth-order valence-electron chi connectivity index (χ4n) is 1.63. The number of nitrogens with one attached hydrogen (secondary N) is 1. The smallest absolute Gasteiger partial charge is 0.0329 e. The highest BCUT2D eigenvalue weighted by molar-refractivity contribution is 7.84. The molecule has 3 unspecified atom stereocenters. The zero-order valence-electron chi connectivity index (χ0n) is 11.6. The Kier molecular flexibility index (Phi) is 9.24. The van der Waals surface area contributed by atoms with E-state index in [1.165, 1.54) is 19.3 Å². The Hall–Kier alpha value is 0.110. The number of hydrogen-bond acceptors (Lipinski definition) is 2. The minimum atomic E-state index is -0.677. The molecule has 3 atom stereocenters. The molecule has 0 fully saturated rings. The van der Waals surface area contributed by atoms with E-state index in [0.717, 1.165) is 18.9 Å². The summed E-state index contributed by atoms with van der Waals surface area (Å²) < 4.78 is 11.1. The molecular formula is C13H29NOS. The second-order valence-electron chi connectivity index (χ2n) is 5.28. The van der Waals surface area contributed by atoms with Gasteiger partial charge in [0.1, 0.15) is 0 Å². The van der Waals surface area contributed by atoms with Crippen LogP contribution in [0.25, 0.3) is 0 Å². The van der Waals surface area contributed by atoms with Crippen molar-refractivity contribution >= 4 is 10.8 Å². The predicted octanol–water partition coefficient (Wildman–Crippen LogP) is 2.95. The normalized spacial score (nSPS) is 17.4. The summed E-state index contributed by atoms with van der Waals surface area (Å²) in [5.41, 5.74) is 0. The van der Waals surface area contributed by atoms with Crippen LogP contribution in [0.1, 0.15) is 53.4 Å². The third-order valence-corrected chi connectivity index (χ3v) is 4.40. The Bertz CT molecular complexity index is 194. The summed E-state index contributed by atoms with van der Waals surface area (Å²) in [6, 6.07) is 0.594. The lowest BCUT2D eigenvalue weighted by Gasteiger charge is -2.15. The van der Waals surface area contributed by atoms with Crippen molar-refractivity contribution in [2.24, 2.45) is 5.92 Å². The highest BCUT2D eigenvalue weighted by Crippen LogP contribution is 2.08. The molecule has 0 aromatic heterocycles. The van der Waals surface area contributed by atoms with Crippen LogP contribution in [-0.2, 0) is 10.8 Å². The number of hydrogen-bond donors (Lipinski definition) is 1. The molecule has 1 N–H and O–H groups in total. The molecule has 0 heterocycles. The van der Waals surface area contributed by atoms with Crippen LogP contribution in [0.3, 0.4) is 0 Å². The Balaban J connectivity index is 3.43. The third-order valence-electron chi connectivity index (χ3n) is 3.03. The maximum Gasteiger partial charge on any atom is 0.0329 e. The van der Waals surface area contributed by atoms with Gasteiger partial charge in [0.15, 0.2) is 0 Å². The minimum Gasteiger partial charge on any atom is -0.314 e. The van der Waals surface area contributed by atoms with Crippen molar-refractivity contribution in [1.29, 1.82) is 0 Å². The monoisotopic (exact) mass is 247 g/mol. The van der Waals surface area contributed by atoms with E-state index in [1.54, 1.807) is 6.26 Å². The molecule has 98 valence electrons.